The lowest BCUT2D eigenvalue weighted by Crippen LogP contribution is -2.27. The zero-order chi connectivity index (χ0) is 13.9. The van der Waals surface area contributed by atoms with Crippen molar-refractivity contribution in [2.75, 3.05) is 17.6 Å². The highest BCUT2D eigenvalue weighted by Gasteiger charge is 2.31. The summed E-state index contributed by atoms with van der Waals surface area (Å²) >= 11 is 0. The Balaban J connectivity index is 2.12. The summed E-state index contributed by atoms with van der Waals surface area (Å²) < 4.78 is 0. The van der Waals surface area contributed by atoms with E-state index in [1.54, 1.807) is 0 Å². The molecule has 1 aromatic heterocycles. The summed E-state index contributed by atoms with van der Waals surface area (Å²) in [4.78, 5) is 8.87. The average molecular weight is 262 g/mol. The largest absolute Gasteiger partial charge is 0.383 e. The Bertz CT molecular complexity index is 436. The van der Waals surface area contributed by atoms with Crippen LogP contribution in [-0.4, -0.2) is 16.5 Å². The Hall–Kier alpha value is -1.32. The van der Waals surface area contributed by atoms with Crippen LogP contribution in [0.2, 0.25) is 0 Å². The number of nitrogen functional groups attached to an aromatic ring is 1. The Kier molecular flexibility index (Phi) is 4.27. The number of aromatic nitrogens is 2. The predicted octanol–water partition coefficient (Wildman–Crippen LogP) is 3.31. The van der Waals surface area contributed by atoms with Crippen molar-refractivity contribution >= 4 is 11.6 Å². The Morgan fingerprint density at radius 3 is 2.47 bits per heavy atom. The number of hydrogen-bond acceptors (Lipinski definition) is 4. The first kappa shape index (κ1) is 14.1. The Morgan fingerprint density at radius 2 is 1.89 bits per heavy atom. The van der Waals surface area contributed by atoms with Crippen LogP contribution < -0.4 is 11.1 Å². The van der Waals surface area contributed by atoms with Gasteiger partial charge >= 0.3 is 0 Å². The monoisotopic (exact) mass is 262 g/mol. The molecule has 0 atom stereocenters. The molecule has 1 saturated carbocycles. The first-order chi connectivity index (χ1) is 9.10. The molecule has 19 heavy (non-hydrogen) atoms. The van der Waals surface area contributed by atoms with Crippen molar-refractivity contribution in [1.82, 2.24) is 9.97 Å². The fourth-order valence-electron chi connectivity index (χ4n) is 2.96. The lowest BCUT2D eigenvalue weighted by atomic mass is 9.83. The maximum absolute atomic E-state index is 5.96. The third-order valence-corrected chi connectivity index (χ3v) is 4.59. The van der Waals surface area contributed by atoms with Gasteiger partial charge < -0.3 is 11.1 Å². The molecule has 0 saturated heterocycles. The molecule has 4 heteroatoms. The number of aryl methyl sites for hydroxylation is 1. The van der Waals surface area contributed by atoms with Gasteiger partial charge in [0.05, 0.1) is 0 Å². The van der Waals surface area contributed by atoms with E-state index >= 15 is 0 Å². The molecular weight excluding hydrogens is 236 g/mol. The van der Waals surface area contributed by atoms with E-state index in [0.29, 0.717) is 11.2 Å². The number of nitrogens with one attached hydrogen (secondary N) is 1. The van der Waals surface area contributed by atoms with Gasteiger partial charge in [-0.1, -0.05) is 26.7 Å². The lowest BCUT2D eigenvalue weighted by Gasteiger charge is -2.28. The van der Waals surface area contributed by atoms with Crippen molar-refractivity contribution in [3.8, 4) is 0 Å². The second-order valence-corrected chi connectivity index (χ2v) is 5.77. The van der Waals surface area contributed by atoms with Crippen LogP contribution in [0, 0.1) is 12.3 Å². The van der Waals surface area contributed by atoms with E-state index in [1.165, 1.54) is 32.1 Å². The molecule has 1 fully saturated rings. The number of nitrogens with zero attached hydrogens (tertiary/aromatic N) is 2. The van der Waals surface area contributed by atoms with Crippen molar-refractivity contribution < 1.29 is 0 Å². The first-order valence-corrected chi connectivity index (χ1v) is 7.47. The van der Waals surface area contributed by atoms with Gasteiger partial charge in [-0.2, -0.15) is 0 Å². The van der Waals surface area contributed by atoms with Crippen LogP contribution in [0.15, 0.2) is 0 Å². The van der Waals surface area contributed by atoms with E-state index in [2.05, 4.69) is 29.1 Å². The highest BCUT2D eigenvalue weighted by molar-refractivity contribution is 5.54. The van der Waals surface area contributed by atoms with E-state index in [-0.39, 0.29) is 0 Å². The molecule has 1 aromatic rings. The van der Waals surface area contributed by atoms with Crippen LogP contribution in [0.3, 0.4) is 0 Å². The molecule has 1 aliphatic carbocycles. The van der Waals surface area contributed by atoms with Crippen molar-refractivity contribution in [3.63, 3.8) is 0 Å². The zero-order valence-corrected chi connectivity index (χ0v) is 12.4. The van der Waals surface area contributed by atoms with Gasteiger partial charge in [0.25, 0.3) is 0 Å². The molecule has 0 aliphatic heterocycles. The Labute approximate surface area is 116 Å². The topological polar surface area (TPSA) is 63.8 Å². The number of nitrogens with two attached hydrogens (primary N) is 1. The second kappa shape index (κ2) is 5.76. The molecule has 1 aliphatic rings. The maximum Gasteiger partial charge on any atom is 0.134 e. The summed E-state index contributed by atoms with van der Waals surface area (Å²) in [5.41, 5.74) is 7.39. The summed E-state index contributed by atoms with van der Waals surface area (Å²) in [5, 5.41) is 3.53. The molecule has 0 aromatic carbocycles. The molecule has 106 valence electrons. The number of rotatable bonds is 5. The van der Waals surface area contributed by atoms with Crippen LogP contribution >= 0.6 is 0 Å². The summed E-state index contributed by atoms with van der Waals surface area (Å²) in [5.74, 6) is 2.35. The van der Waals surface area contributed by atoms with Crippen LogP contribution in [0.5, 0.6) is 0 Å². The van der Waals surface area contributed by atoms with Crippen molar-refractivity contribution in [1.29, 1.82) is 0 Å². The van der Waals surface area contributed by atoms with Gasteiger partial charge in [0.2, 0.25) is 0 Å². The number of anilines is 2. The van der Waals surface area contributed by atoms with Gasteiger partial charge in [-0.15, -0.1) is 0 Å². The van der Waals surface area contributed by atoms with Gasteiger partial charge in [-0.05, 0) is 31.6 Å². The molecular formula is C15H26N4. The minimum Gasteiger partial charge on any atom is -0.383 e. The molecule has 3 N–H and O–H groups in total. The van der Waals surface area contributed by atoms with E-state index in [4.69, 9.17) is 5.73 Å². The van der Waals surface area contributed by atoms with E-state index in [1.807, 2.05) is 6.92 Å². The van der Waals surface area contributed by atoms with Crippen LogP contribution in [0.4, 0.5) is 11.6 Å². The van der Waals surface area contributed by atoms with Gasteiger partial charge in [-0.25, -0.2) is 9.97 Å². The summed E-state index contributed by atoms with van der Waals surface area (Å²) in [6.07, 6.45) is 7.44. The lowest BCUT2D eigenvalue weighted by molar-refractivity contribution is 0.306. The van der Waals surface area contributed by atoms with Crippen LogP contribution in [-0.2, 0) is 6.42 Å². The molecule has 0 bridgehead atoms. The molecule has 0 unspecified atom stereocenters. The normalized spacial score (nSPS) is 17.6. The van der Waals surface area contributed by atoms with Gasteiger partial charge in [-0.3, -0.25) is 0 Å². The highest BCUT2D eigenvalue weighted by atomic mass is 15.1. The van der Waals surface area contributed by atoms with Gasteiger partial charge in [0, 0.05) is 18.5 Å². The van der Waals surface area contributed by atoms with Crippen molar-refractivity contribution in [3.05, 3.63) is 11.4 Å². The summed E-state index contributed by atoms with van der Waals surface area (Å²) in [6.45, 7) is 7.35. The first-order valence-electron chi connectivity index (χ1n) is 7.47. The smallest absolute Gasteiger partial charge is 0.134 e. The number of hydrogen-bond donors (Lipinski definition) is 2. The quantitative estimate of drug-likeness (QED) is 0.854. The van der Waals surface area contributed by atoms with E-state index in [0.717, 1.165) is 30.2 Å². The fraction of sp³-hybridized carbons (Fsp3) is 0.733. The van der Waals surface area contributed by atoms with Crippen molar-refractivity contribution in [2.45, 2.75) is 59.3 Å². The zero-order valence-electron chi connectivity index (χ0n) is 12.4. The summed E-state index contributed by atoms with van der Waals surface area (Å²) in [7, 11) is 0. The predicted molar refractivity (Wildman–Crippen MR) is 80.2 cm³/mol. The third kappa shape index (κ3) is 2.99. The molecule has 0 amide bonds. The SMILES string of the molecule is CCc1nc(N)c(C)c(NCC2(CC)CCCC2)n1. The fourth-order valence-corrected chi connectivity index (χ4v) is 2.96. The minimum atomic E-state index is 0.457. The van der Waals surface area contributed by atoms with Gasteiger partial charge in [0.15, 0.2) is 0 Å². The average Bonchev–Trinajstić information content (AvgIpc) is 2.89. The van der Waals surface area contributed by atoms with E-state index < -0.39 is 0 Å². The van der Waals surface area contributed by atoms with Crippen LogP contribution in [0.25, 0.3) is 0 Å². The van der Waals surface area contributed by atoms with E-state index in [9.17, 15) is 0 Å². The highest BCUT2D eigenvalue weighted by Crippen LogP contribution is 2.41. The third-order valence-electron chi connectivity index (χ3n) is 4.59. The summed E-state index contributed by atoms with van der Waals surface area (Å²) in [6, 6.07) is 0. The second-order valence-electron chi connectivity index (χ2n) is 5.77. The molecule has 2 rings (SSSR count). The van der Waals surface area contributed by atoms with Crippen molar-refractivity contribution in [2.24, 2.45) is 5.41 Å². The Morgan fingerprint density at radius 1 is 1.21 bits per heavy atom. The molecule has 4 nitrogen and oxygen atoms in total. The molecule has 1 heterocycles. The standard InChI is InChI=1S/C15H26N4/c1-4-12-18-13(16)11(3)14(19-12)17-10-15(5-2)8-6-7-9-15/h4-10H2,1-3H3,(H3,16,17,18,19). The van der Waals surface area contributed by atoms with Gasteiger partial charge in [0.1, 0.15) is 17.5 Å². The molecule has 0 radical (unpaired) electrons. The molecule has 0 spiro atoms. The maximum atomic E-state index is 5.96. The minimum absolute atomic E-state index is 0.457. The van der Waals surface area contributed by atoms with Crippen LogP contribution in [0.1, 0.15) is 57.3 Å².